The number of aliphatic carboxylic acids is 1. The van der Waals surface area contributed by atoms with Gasteiger partial charge in [0.2, 0.25) is 11.8 Å². The number of imide groups is 1. The van der Waals surface area contributed by atoms with Crippen LogP contribution in [0, 0.1) is 29.6 Å². The molecule has 25 heavy (non-hydrogen) atoms. The Labute approximate surface area is 145 Å². The monoisotopic (exact) mass is 349 g/mol. The molecule has 3 aliphatic rings. The number of likely N-dealkylation sites (tertiary alicyclic amines) is 1. The number of amides is 4. The molecule has 136 valence electrons. The highest BCUT2D eigenvalue weighted by Gasteiger charge is 2.58. The van der Waals surface area contributed by atoms with Gasteiger partial charge in [-0.05, 0) is 18.3 Å². The number of hydrogen-bond donors (Lipinski definition) is 2. The van der Waals surface area contributed by atoms with Crippen LogP contribution in [0.4, 0.5) is 4.79 Å². The van der Waals surface area contributed by atoms with Gasteiger partial charge in [-0.3, -0.25) is 19.3 Å². The fourth-order valence-electron chi connectivity index (χ4n) is 4.17. The van der Waals surface area contributed by atoms with E-state index in [0.717, 1.165) is 6.42 Å². The van der Waals surface area contributed by atoms with Crippen LogP contribution >= 0.6 is 0 Å². The molecule has 5 atom stereocenters. The summed E-state index contributed by atoms with van der Waals surface area (Å²) >= 11 is 0. The minimum atomic E-state index is -0.970. The lowest BCUT2D eigenvalue weighted by molar-refractivity contribution is -0.142. The van der Waals surface area contributed by atoms with Crippen molar-refractivity contribution < 1.29 is 24.3 Å². The SMILES string of the molecule is CC(CN(C)C(=O)NCCN1C(=O)C2C3C=CC(C3)C2C1=O)C(=O)O. The first-order chi connectivity index (χ1) is 11.8. The van der Waals surface area contributed by atoms with Crippen LogP contribution in [0.15, 0.2) is 12.2 Å². The van der Waals surface area contributed by atoms with E-state index in [-0.39, 0.29) is 55.1 Å². The zero-order valence-electron chi connectivity index (χ0n) is 14.3. The summed E-state index contributed by atoms with van der Waals surface area (Å²) in [6.45, 7) is 1.92. The summed E-state index contributed by atoms with van der Waals surface area (Å²) < 4.78 is 0. The van der Waals surface area contributed by atoms with Crippen LogP contribution in [0.3, 0.4) is 0 Å². The van der Waals surface area contributed by atoms with Crippen molar-refractivity contribution in [3.8, 4) is 0 Å². The van der Waals surface area contributed by atoms with Crippen LogP contribution < -0.4 is 5.32 Å². The first kappa shape index (κ1) is 17.4. The lowest BCUT2D eigenvalue weighted by Crippen LogP contribution is -2.45. The lowest BCUT2D eigenvalue weighted by Gasteiger charge is -2.21. The van der Waals surface area contributed by atoms with Gasteiger partial charge < -0.3 is 15.3 Å². The van der Waals surface area contributed by atoms with E-state index in [1.54, 1.807) is 0 Å². The average molecular weight is 349 g/mol. The molecular weight excluding hydrogens is 326 g/mol. The predicted octanol–water partition coefficient (Wildman–Crippen LogP) is 0.156. The number of nitrogens with one attached hydrogen (secondary N) is 1. The summed E-state index contributed by atoms with van der Waals surface area (Å²) in [6.07, 6.45) is 4.98. The smallest absolute Gasteiger partial charge is 0.317 e. The number of allylic oxidation sites excluding steroid dienone is 2. The molecule has 2 bridgehead atoms. The van der Waals surface area contributed by atoms with Gasteiger partial charge in [0.05, 0.1) is 17.8 Å². The Morgan fingerprint density at radius 3 is 2.36 bits per heavy atom. The first-order valence-corrected chi connectivity index (χ1v) is 8.56. The molecule has 5 unspecified atom stereocenters. The summed E-state index contributed by atoms with van der Waals surface area (Å²) in [7, 11) is 1.51. The summed E-state index contributed by atoms with van der Waals surface area (Å²) in [4.78, 5) is 50.3. The molecule has 2 fully saturated rings. The number of carbonyl (C=O) groups excluding carboxylic acids is 3. The maximum absolute atomic E-state index is 12.5. The second-order valence-electron chi connectivity index (χ2n) is 7.18. The van der Waals surface area contributed by atoms with E-state index in [2.05, 4.69) is 5.32 Å². The summed E-state index contributed by atoms with van der Waals surface area (Å²) in [6, 6.07) is -0.422. The molecule has 0 aromatic heterocycles. The molecule has 0 spiro atoms. The van der Waals surface area contributed by atoms with Gasteiger partial charge in [-0.2, -0.15) is 0 Å². The molecule has 2 N–H and O–H groups in total. The van der Waals surface area contributed by atoms with Crippen molar-refractivity contribution >= 4 is 23.8 Å². The second kappa shape index (κ2) is 6.50. The zero-order chi connectivity index (χ0) is 18.3. The average Bonchev–Trinajstić information content (AvgIpc) is 3.23. The van der Waals surface area contributed by atoms with Gasteiger partial charge in [0.1, 0.15) is 0 Å². The van der Waals surface area contributed by atoms with Crippen LogP contribution in [0.1, 0.15) is 13.3 Å². The molecule has 4 amide bonds. The summed E-state index contributed by atoms with van der Waals surface area (Å²) in [5.74, 6) is -2.00. The van der Waals surface area contributed by atoms with Gasteiger partial charge in [-0.1, -0.05) is 19.1 Å². The summed E-state index contributed by atoms with van der Waals surface area (Å²) in [5, 5.41) is 11.5. The van der Waals surface area contributed by atoms with Crippen molar-refractivity contribution in [2.45, 2.75) is 13.3 Å². The summed E-state index contributed by atoms with van der Waals surface area (Å²) in [5.41, 5.74) is 0. The molecule has 1 aliphatic heterocycles. The molecule has 0 aromatic carbocycles. The molecule has 1 saturated carbocycles. The highest BCUT2D eigenvalue weighted by atomic mass is 16.4. The standard InChI is InChI=1S/C17H23N3O5/c1-9(16(23)24)8-19(2)17(25)18-5-6-20-14(21)12-10-3-4-11(7-10)13(12)15(20)22/h3-4,9-13H,5-8H2,1-2H3,(H,18,25)(H,23,24). The van der Waals surface area contributed by atoms with E-state index >= 15 is 0 Å². The van der Waals surface area contributed by atoms with E-state index in [4.69, 9.17) is 5.11 Å². The zero-order valence-corrected chi connectivity index (χ0v) is 14.3. The van der Waals surface area contributed by atoms with Crippen molar-refractivity contribution in [1.82, 2.24) is 15.1 Å². The van der Waals surface area contributed by atoms with Gasteiger partial charge in [0.15, 0.2) is 0 Å². The molecule has 8 heteroatoms. The Morgan fingerprint density at radius 2 is 1.84 bits per heavy atom. The van der Waals surface area contributed by atoms with E-state index in [1.807, 2.05) is 12.2 Å². The molecule has 2 aliphatic carbocycles. The Bertz CT molecular complexity index is 616. The number of rotatable bonds is 6. The van der Waals surface area contributed by atoms with Crippen LogP contribution in [0.25, 0.3) is 0 Å². The number of urea groups is 1. The fraction of sp³-hybridized carbons (Fsp3) is 0.647. The number of carboxylic acids is 1. The van der Waals surface area contributed by atoms with Crippen molar-refractivity contribution in [3.63, 3.8) is 0 Å². The molecular formula is C17H23N3O5. The maximum atomic E-state index is 12.5. The van der Waals surface area contributed by atoms with Crippen molar-refractivity contribution in [3.05, 3.63) is 12.2 Å². The van der Waals surface area contributed by atoms with E-state index in [1.165, 1.54) is 23.8 Å². The molecule has 3 rings (SSSR count). The molecule has 1 saturated heterocycles. The Balaban J connectivity index is 1.48. The minimum Gasteiger partial charge on any atom is -0.481 e. The van der Waals surface area contributed by atoms with Crippen LogP contribution in [-0.4, -0.2) is 65.4 Å². The third-order valence-corrected chi connectivity index (χ3v) is 5.49. The number of nitrogens with zero attached hydrogens (tertiary/aromatic N) is 2. The third-order valence-electron chi connectivity index (χ3n) is 5.49. The van der Waals surface area contributed by atoms with Crippen LogP contribution in [0.2, 0.25) is 0 Å². The Morgan fingerprint density at radius 1 is 1.28 bits per heavy atom. The lowest BCUT2D eigenvalue weighted by atomic mass is 9.85. The van der Waals surface area contributed by atoms with E-state index in [9.17, 15) is 19.2 Å². The van der Waals surface area contributed by atoms with Crippen LogP contribution in [0.5, 0.6) is 0 Å². The Kier molecular flexibility index (Phi) is 4.53. The van der Waals surface area contributed by atoms with Gasteiger partial charge in [0, 0.05) is 26.7 Å². The molecule has 8 nitrogen and oxygen atoms in total. The van der Waals surface area contributed by atoms with Crippen LogP contribution in [-0.2, 0) is 14.4 Å². The highest BCUT2D eigenvalue weighted by molar-refractivity contribution is 6.06. The van der Waals surface area contributed by atoms with E-state index < -0.39 is 17.9 Å². The number of hydrogen-bond acceptors (Lipinski definition) is 4. The third kappa shape index (κ3) is 3.01. The maximum Gasteiger partial charge on any atom is 0.317 e. The second-order valence-corrected chi connectivity index (χ2v) is 7.18. The first-order valence-electron chi connectivity index (χ1n) is 8.56. The van der Waals surface area contributed by atoms with Crippen molar-refractivity contribution in [1.29, 1.82) is 0 Å². The largest absolute Gasteiger partial charge is 0.481 e. The topological polar surface area (TPSA) is 107 Å². The van der Waals surface area contributed by atoms with Gasteiger partial charge in [-0.15, -0.1) is 0 Å². The molecule has 1 heterocycles. The molecule has 0 aromatic rings. The number of carboxylic acid groups (broad SMARTS) is 1. The highest BCUT2D eigenvalue weighted by Crippen LogP contribution is 2.52. The van der Waals surface area contributed by atoms with Crippen molar-refractivity contribution in [2.24, 2.45) is 29.6 Å². The van der Waals surface area contributed by atoms with Gasteiger partial charge in [0.25, 0.3) is 0 Å². The predicted molar refractivity (Wildman–Crippen MR) is 87.3 cm³/mol. The molecule has 0 radical (unpaired) electrons. The van der Waals surface area contributed by atoms with Crippen molar-refractivity contribution in [2.75, 3.05) is 26.7 Å². The van der Waals surface area contributed by atoms with Gasteiger partial charge in [-0.25, -0.2) is 4.79 Å². The quantitative estimate of drug-likeness (QED) is 0.524. The minimum absolute atomic E-state index is 0.0852. The normalized spacial score (nSPS) is 30.6. The number of carbonyl (C=O) groups is 4. The fourth-order valence-corrected chi connectivity index (χ4v) is 4.17. The van der Waals surface area contributed by atoms with E-state index in [0.29, 0.717) is 0 Å². The number of fused-ring (bicyclic) bond motifs is 5. The van der Waals surface area contributed by atoms with Gasteiger partial charge >= 0.3 is 12.0 Å². The Hall–Kier alpha value is -2.38.